The first-order valence-electron chi connectivity index (χ1n) is 12.1. The van der Waals surface area contributed by atoms with Gasteiger partial charge in [0.1, 0.15) is 16.4 Å². The molecule has 2 heterocycles. The number of esters is 1. The second-order valence-corrected chi connectivity index (χ2v) is 9.54. The summed E-state index contributed by atoms with van der Waals surface area (Å²) in [6, 6.07) is 0. The number of thioether (sulfide) groups is 1. The number of halogens is 1. The number of unbranched alkanes of at least 4 members (excludes halogenated alkanes) is 12. The number of rotatable bonds is 17. The minimum Gasteiger partial charge on any atom is -0.469 e. The number of carbonyl (C=O) groups excluding carboxylic acids is 1. The van der Waals surface area contributed by atoms with E-state index in [9.17, 15) is 4.79 Å². The van der Waals surface area contributed by atoms with Crippen molar-refractivity contribution in [3.8, 4) is 0 Å². The molecule has 2 rings (SSSR count). The predicted octanol–water partition coefficient (Wildman–Crippen LogP) is 7.14. The molecular formula is C24H39ClN4O2S. The normalized spacial score (nSPS) is 11.4. The van der Waals surface area contributed by atoms with Crippen LogP contribution in [-0.2, 0) is 16.1 Å². The van der Waals surface area contributed by atoms with Crippen LogP contribution in [0.5, 0.6) is 0 Å². The number of hydrogen-bond acceptors (Lipinski definition) is 6. The van der Waals surface area contributed by atoms with Crippen LogP contribution in [0.1, 0.15) is 95.7 Å². The van der Waals surface area contributed by atoms with Crippen LogP contribution < -0.4 is 0 Å². The van der Waals surface area contributed by atoms with Gasteiger partial charge in [0.15, 0.2) is 5.65 Å². The maximum Gasteiger partial charge on any atom is 0.305 e. The van der Waals surface area contributed by atoms with Crippen molar-refractivity contribution in [2.24, 2.45) is 0 Å². The van der Waals surface area contributed by atoms with Crippen molar-refractivity contribution in [3.05, 3.63) is 11.1 Å². The van der Waals surface area contributed by atoms with Crippen LogP contribution in [0.15, 0.2) is 5.03 Å². The van der Waals surface area contributed by atoms with Crippen molar-refractivity contribution < 1.29 is 9.53 Å². The zero-order valence-corrected chi connectivity index (χ0v) is 21.6. The monoisotopic (exact) mass is 482 g/mol. The molecular weight excluding hydrogens is 444 g/mol. The lowest BCUT2D eigenvalue weighted by Gasteiger charge is -2.08. The number of fused-ring (bicyclic) bond motifs is 1. The van der Waals surface area contributed by atoms with Crippen LogP contribution >= 0.6 is 23.4 Å². The van der Waals surface area contributed by atoms with Gasteiger partial charge in [0.05, 0.1) is 7.11 Å². The summed E-state index contributed by atoms with van der Waals surface area (Å²) in [6.07, 6.45) is 18.9. The van der Waals surface area contributed by atoms with Crippen molar-refractivity contribution in [1.82, 2.24) is 19.5 Å². The molecule has 180 valence electrons. The Balaban J connectivity index is 1.49. The van der Waals surface area contributed by atoms with Crippen LogP contribution in [0.3, 0.4) is 0 Å². The molecule has 32 heavy (non-hydrogen) atoms. The molecule has 0 N–H and O–H groups in total. The summed E-state index contributed by atoms with van der Waals surface area (Å²) in [4.78, 5) is 24.3. The smallest absolute Gasteiger partial charge is 0.305 e. The molecule has 0 saturated heterocycles. The van der Waals surface area contributed by atoms with Crippen LogP contribution in [0.25, 0.3) is 11.2 Å². The highest BCUT2D eigenvalue weighted by Gasteiger charge is 2.15. The van der Waals surface area contributed by atoms with E-state index in [1.807, 2.05) is 13.2 Å². The van der Waals surface area contributed by atoms with E-state index in [4.69, 9.17) is 11.6 Å². The molecule has 2 aromatic heterocycles. The molecule has 0 unspecified atom stereocenters. The molecule has 0 fully saturated rings. The number of carbonyl (C=O) groups is 1. The predicted molar refractivity (Wildman–Crippen MR) is 134 cm³/mol. The molecule has 0 amide bonds. The van der Waals surface area contributed by atoms with Crippen molar-refractivity contribution in [2.45, 2.75) is 108 Å². The first-order chi connectivity index (χ1) is 15.6. The highest BCUT2D eigenvalue weighted by molar-refractivity contribution is 7.98. The van der Waals surface area contributed by atoms with Gasteiger partial charge in [-0.2, -0.15) is 4.98 Å². The minimum atomic E-state index is -0.0833. The standard InChI is InChI=1S/C24H39ClN4O2S/c1-19-26-22-21(23(32-3)28-24(25)27-22)29(19)18-16-14-12-10-8-6-4-5-7-9-11-13-15-17-20(30)31-2/h4-18H2,1-3H3. The van der Waals surface area contributed by atoms with E-state index in [0.29, 0.717) is 12.1 Å². The fourth-order valence-corrected chi connectivity index (χ4v) is 4.88. The van der Waals surface area contributed by atoms with Gasteiger partial charge in [-0.05, 0) is 37.6 Å². The van der Waals surface area contributed by atoms with E-state index in [0.717, 1.165) is 42.2 Å². The van der Waals surface area contributed by atoms with Gasteiger partial charge in [0.2, 0.25) is 5.28 Å². The van der Waals surface area contributed by atoms with Crippen molar-refractivity contribution in [2.75, 3.05) is 13.4 Å². The highest BCUT2D eigenvalue weighted by atomic mass is 35.5. The molecule has 0 saturated carbocycles. The zero-order valence-electron chi connectivity index (χ0n) is 20.0. The largest absolute Gasteiger partial charge is 0.469 e. The van der Waals surface area contributed by atoms with Gasteiger partial charge in [-0.3, -0.25) is 4.79 Å². The number of methoxy groups -OCH3 is 1. The minimum absolute atomic E-state index is 0.0833. The third-order valence-corrected chi connectivity index (χ3v) is 6.76. The Bertz CT molecular complexity index is 828. The maximum atomic E-state index is 11.0. The number of nitrogens with zero attached hydrogens (tertiary/aromatic N) is 4. The van der Waals surface area contributed by atoms with Crippen LogP contribution in [0.2, 0.25) is 5.28 Å². The van der Waals surface area contributed by atoms with Crippen molar-refractivity contribution in [1.29, 1.82) is 0 Å². The number of aryl methyl sites for hydroxylation is 2. The Morgan fingerprint density at radius 2 is 1.41 bits per heavy atom. The van der Waals surface area contributed by atoms with Gasteiger partial charge in [-0.25, -0.2) is 9.97 Å². The third kappa shape index (κ3) is 9.26. The molecule has 0 spiro atoms. The molecule has 0 atom stereocenters. The quantitative estimate of drug-likeness (QED) is 0.0783. The molecule has 0 aromatic carbocycles. The van der Waals surface area contributed by atoms with Crippen LogP contribution in [0.4, 0.5) is 0 Å². The average molecular weight is 483 g/mol. The van der Waals surface area contributed by atoms with E-state index in [1.54, 1.807) is 11.8 Å². The summed E-state index contributed by atoms with van der Waals surface area (Å²) in [5, 5.41) is 1.17. The van der Waals surface area contributed by atoms with Gasteiger partial charge >= 0.3 is 5.97 Å². The lowest BCUT2D eigenvalue weighted by atomic mass is 10.0. The Kier molecular flexibility index (Phi) is 13.0. The van der Waals surface area contributed by atoms with Crippen molar-refractivity contribution in [3.63, 3.8) is 0 Å². The second-order valence-electron chi connectivity index (χ2n) is 8.41. The SMILES string of the molecule is COC(=O)CCCCCCCCCCCCCCCn1c(C)nc2nc(Cl)nc(SC)c21. The van der Waals surface area contributed by atoms with Gasteiger partial charge in [0, 0.05) is 13.0 Å². The van der Waals surface area contributed by atoms with Gasteiger partial charge in [0.25, 0.3) is 0 Å². The average Bonchev–Trinajstić information content (AvgIpc) is 3.10. The van der Waals surface area contributed by atoms with E-state index < -0.39 is 0 Å². The summed E-state index contributed by atoms with van der Waals surface area (Å²) in [6.45, 7) is 2.99. The third-order valence-electron chi connectivity index (χ3n) is 5.92. The molecule has 2 aromatic rings. The fraction of sp³-hybridized carbons (Fsp3) is 0.750. The van der Waals surface area contributed by atoms with Gasteiger partial charge < -0.3 is 9.30 Å². The molecule has 0 radical (unpaired) electrons. The first kappa shape index (κ1) is 26.9. The molecule has 0 bridgehead atoms. The molecule has 6 nitrogen and oxygen atoms in total. The van der Waals surface area contributed by atoms with Crippen LogP contribution in [0, 0.1) is 6.92 Å². The number of hydrogen-bond donors (Lipinski definition) is 0. The van der Waals surface area contributed by atoms with E-state index in [1.165, 1.54) is 71.3 Å². The number of ether oxygens (including phenoxy) is 1. The van der Waals surface area contributed by atoms with E-state index >= 15 is 0 Å². The highest BCUT2D eigenvalue weighted by Crippen LogP contribution is 2.26. The fourth-order valence-electron chi connectivity index (χ4n) is 4.09. The second kappa shape index (κ2) is 15.5. The van der Waals surface area contributed by atoms with Crippen LogP contribution in [-0.4, -0.2) is 38.9 Å². The molecule has 0 aliphatic rings. The summed E-state index contributed by atoms with van der Waals surface area (Å²) in [7, 11) is 1.46. The molecule has 8 heteroatoms. The number of imidazole rings is 1. The summed E-state index contributed by atoms with van der Waals surface area (Å²) >= 11 is 7.61. The summed E-state index contributed by atoms with van der Waals surface area (Å²) < 4.78 is 6.90. The number of aromatic nitrogens is 4. The van der Waals surface area contributed by atoms with Gasteiger partial charge in [-0.15, -0.1) is 11.8 Å². The Hall–Kier alpha value is -1.34. The summed E-state index contributed by atoms with van der Waals surface area (Å²) in [5.41, 5.74) is 1.72. The first-order valence-corrected chi connectivity index (χ1v) is 13.7. The Labute approximate surface area is 202 Å². The molecule has 0 aliphatic carbocycles. The Morgan fingerprint density at radius 1 is 0.875 bits per heavy atom. The van der Waals surface area contributed by atoms with E-state index in [-0.39, 0.29) is 11.3 Å². The lowest BCUT2D eigenvalue weighted by Crippen LogP contribution is -2.02. The topological polar surface area (TPSA) is 69.9 Å². The zero-order chi connectivity index (χ0) is 23.2. The maximum absolute atomic E-state index is 11.0. The summed E-state index contributed by atoms with van der Waals surface area (Å²) in [5.74, 6) is 0.898. The lowest BCUT2D eigenvalue weighted by molar-refractivity contribution is -0.140. The van der Waals surface area contributed by atoms with E-state index in [2.05, 4.69) is 24.3 Å². The van der Waals surface area contributed by atoms with Crippen molar-refractivity contribution >= 4 is 40.5 Å². The van der Waals surface area contributed by atoms with Gasteiger partial charge in [-0.1, -0.05) is 70.6 Å². The Morgan fingerprint density at radius 3 is 1.94 bits per heavy atom. The molecule has 0 aliphatic heterocycles.